The normalized spacial score (nSPS) is 16.1. The van der Waals surface area contributed by atoms with E-state index >= 15 is 0 Å². The van der Waals surface area contributed by atoms with Gasteiger partial charge in [-0.15, -0.1) is 0 Å². The Bertz CT molecular complexity index is 1400. The molecular formula is C29H31N5. The minimum atomic E-state index is -0.0261. The summed E-state index contributed by atoms with van der Waals surface area (Å²) in [6.45, 7) is 8.90. The molecule has 5 heteroatoms. The lowest BCUT2D eigenvalue weighted by Crippen LogP contribution is -2.29. The molecule has 0 N–H and O–H groups in total. The van der Waals surface area contributed by atoms with Gasteiger partial charge in [-0.25, -0.2) is 9.97 Å². The van der Waals surface area contributed by atoms with Gasteiger partial charge in [0.1, 0.15) is 0 Å². The molecule has 0 atom stereocenters. The first kappa shape index (κ1) is 21.1. The summed E-state index contributed by atoms with van der Waals surface area (Å²) in [5.74, 6) is 0. The van der Waals surface area contributed by atoms with E-state index in [1.807, 2.05) is 12.5 Å². The van der Waals surface area contributed by atoms with Gasteiger partial charge < -0.3 is 9.47 Å². The minimum absolute atomic E-state index is 0.0261. The highest BCUT2D eigenvalue weighted by atomic mass is 15.1. The molecule has 3 heterocycles. The largest absolute Gasteiger partial charge is 0.372 e. The molecule has 5 nitrogen and oxygen atoms in total. The van der Waals surface area contributed by atoms with Gasteiger partial charge in [-0.1, -0.05) is 24.3 Å². The van der Waals surface area contributed by atoms with Crippen LogP contribution in [0.15, 0.2) is 61.1 Å². The van der Waals surface area contributed by atoms with Crippen LogP contribution < -0.4 is 4.90 Å². The van der Waals surface area contributed by atoms with Gasteiger partial charge in [0, 0.05) is 41.9 Å². The summed E-state index contributed by atoms with van der Waals surface area (Å²) >= 11 is 0. The first-order chi connectivity index (χ1) is 16.5. The summed E-state index contributed by atoms with van der Waals surface area (Å²) in [5, 5.41) is 0. The van der Waals surface area contributed by atoms with E-state index in [0.29, 0.717) is 0 Å². The van der Waals surface area contributed by atoms with Crippen molar-refractivity contribution in [1.29, 1.82) is 0 Å². The number of hydrogen-bond acceptors (Lipinski definition) is 4. The zero-order valence-corrected chi connectivity index (χ0v) is 20.3. The quantitative estimate of drug-likeness (QED) is 0.372. The van der Waals surface area contributed by atoms with Crippen LogP contribution in [-0.4, -0.2) is 32.6 Å². The van der Waals surface area contributed by atoms with Crippen LogP contribution in [0.5, 0.6) is 0 Å². The standard InChI is InChI=1S/C29H31N5/c1-29(2,3)34-19-31-24-12-10-20(17-27(24)34)23-11-13-25-28(23)32-26(18-30-25)21-8-7-9-22(16-21)33-14-5-4-6-15-33/h7-12,16-19H,4-6,13-15H2,1-3H3. The van der Waals surface area contributed by atoms with Crippen LogP contribution in [0.4, 0.5) is 5.69 Å². The van der Waals surface area contributed by atoms with Gasteiger partial charge in [-0.05, 0) is 69.9 Å². The Kier molecular flexibility index (Phi) is 5.01. The van der Waals surface area contributed by atoms with Crippen LogP contribution >= 0.6 is 0 Å². The molecule has 2 aromatic carbocycles. The van der Waals surface area contributed by atoms with Gasteiger partial charge >= 0.3 is 0 Å². The van der Waals surface area contributed by atoms with Gasteiger partial charge in [-0.2, -0.15) is 0 Å². The molecule has 1 fully saturated rings. The Morgan fingerprint density at radius 1 is 0.882 bits per heavy atom. The molecule has 1 aliphatic carbocycles. The molecule has 2 aliphatic rings. The van der Waals surface area contributed by atoms with Crippen LogP contribution in [-0.2, 0) is 12.0 Å². The fourth-order valence-electron chi connectivity index (χ4n) is 5.19. The maximum Gasteiger partial charge on any atom is 0.0963 e. The summed E-state index contributed by atoms with van der Waals surface area (Å²) < 4.78 is 2.25. The topological polar surface area (TPSA) is 46.8 Å². The molecule has 1 aliphatic heterocycles. The van der Waals surface area contributed by atoms with Crippen LogP contribution in [0, 0.1) is 0 Å². The van der Waals surface area contributed by atoms with Crippen molar-refractivity contribution in [3.05, 3.63) is 78.0 Å². The number of anilines is 1. The maximum absolute atomic E-state index is 5.13. The van der Waals surface area contributed by atoms with Gasteiger partial charge in [0.2, 0.25) is 0 Å². The first-order valence-electron chi connectivity index (χ1n) is 12.4. The molecule has 0 unspecified atom stereocenters. The van der Waals surface area contributed by atoms with Gasteiger partial charge in [0.05, 0.1) is 40.6 Å². The number of aromatic nitrogens is 4. The lowest BCUT2D eigenvalue weighted by atomic mass is 10.0. The van der Waals surface area contributed by atoms with Crippen LogP contribution in [0.3, 0.4) is 0 Å². The maximum atomic E-state index is 5.13. The smallest absolute Gasteiger partial charge is 0.0963 e. The second kappa shape index (κ2) is 8.08. The zero-order chi connectivity index (χ0) is 23.3. The number of rotatable bonds is 3. The van der Waals surface area contributed by atoms with E-state index in [2.05, 4.69) is 83.8 Å². The molecule has 0 radical (unpaired) electrons. The molecule has 6 rings (SSSR count). The van der Waals surface area contributed by atoms with Crippen molar-refractivity contribution in [1.82, 2.24) is 19.5 Å². The van der Waals surface area contributed by atoms with E-state index in [9.17, 15) is 0 Å². The van der Waals surface area contributed by atoms with E-state index in [0.717, 1.165) is 53.2 Å². The summed E-state index contributed by atoms with van der Waals surface area (Å²) in [7, 11) is 0. The number of fused-ring (bicyclic) bond motifs is 2. The predicted octanol–water partition coefficient (Wildman–Crippen LogP) is 6.23. The highest BCUT2D eigenvalue weighted by molar-refractivity contribution is 5.88. The average Bonchev–Trinajstić information content (AvgIpc) is 3.48. The lowest BCUT2D eigenvalue weighted by Gasteiger charge is -2.29. The highest BCUT2D eigenvalue weighted by Crippen LogP contribution is 2.34. The number of imidazole rings is 1. The second-order valence-corrected chi connectivity index (χ2v) is 10.5. The van der Waals surface area contributed by atoms with Crippen LogP contribution in [0.25, 0.3) is 27.9 Å². The Balaban J connectivity index is 1.37. The van der Waals surface area contributed by atoms with Gasteiger partial charge in [0.25, 0.3) is 0 Å². The van der Waals surface area contributed by atoms with Crippen molar-refractivity contribution in [2.24, 2.45) is 0 Å². The molecule has 0 amide bonds. The van der Waals surface area contributed by atoms with E-state index in [-0.39, 0.29) is 5.54 Å². The minimum Gasteiger partial charge on any atom is -0.372 e. The number of nitrogens with zero attached hydrogens (tertiary/aromatic N) is 5. The lowest BCUT2D eigenvalue weighted by molar-refractivity contribution is 0.408. The van der Waals surface area contributed by atoms with Crippen molar-refractivity contribution >= 4 is 22.3 Å². The number of benzene rings is 2. The van der Waals surface area contributed by atoms with E-state index in [1.54, 1.807) is 0 Å². The molecule has 34 heavy (non-hydrogen) atoms. The summed E-state index contributed by atoms with van der Waals surface area (Å²) in [6, 6.07) is 15.3. The van der Waals surface area contributed by atoms with Crippen LogP contribution in [0.1, 0.15) is 57.0 Å². The molecular weight excluding hydrogens is 418 g/mol. The predicted molar refractivity (Wildman–Crippen MR) is 139 cm³/mol. The second-order valence-electron chi connectivity index (χ2n) is 10.5. The van der Waals surface area contributed by atoms with Crippen molar-refractivity contribution in [2.75, 3.05) is 18.0 Å². The van der Waals surface area contributed by atoms with Crippen molar-refractivity contribution in [2.45, 2.75) is 52.0 Å². The Hall–Kier alpha value is -3.47. The van der Waals surface area contributed by atoms with Crippen molar-refractivity contribution in [3.8, 4) is 11.3 Å². The fourth-order valence-corrected chi connectivity index (χ4v) is 5.19. The third-order valence-corrected chi connectivity index (χ3v) is 7.05. The summed E-state index contributed by atoms with van der Waals surface area (Å²) in [5.41, 5.74) is 9.89. The SMILES string of the molecule is CC(C)(C)n1cnc2ccc(C3=CCc4ncc(-c5cccc(N6CCCCC6)c5)nc43)cc21. The molecule has 2 aromatic heterocycles. The summed E-state index contributed by atoms with van der Waals surface area (Å²) in [4.78, 5) is 17.1. The Morgan fingerprint density at radius 2 is 1.74 bits per heavy atom. The third-order valence-electron chi connectivity index (χ3n) is 7.05. The van der Waals surface area contributed by atoms with Crippen molar-refractivity contribution in [3.63, 3.8) is 0 Å². The number of hydrogen-bond donors (Lipinski definition) is 0. The molecule has 172 valence electrons. The van der Waals surface area contributed by atoms with E-state index in [4.69, 9.17) is 9.97 Å². The Labute approximate surface area is 201 Å². The zero-order valence-electron chi connectivity index (χ0n) is 20.3. The van der Waals surface area contributed by atoms with Gasteiger partial charge in [-0.3, -0.25) is 4.98 Å². The summed E-state index contributed by atoms with van der Waals surface area (Å²) in [6.07, 6.45) is 10.8. The van der Waals surface area contributed by atoms with Gasteiger partial charge in [0.15, 0.2) is 0 Å². The molecule has 0 bridgehead atoms. The van der Waals surface area contributed by atoms with Crippen molar-refractivity contribution < 1.29 is 0 Å². The Morgan fingerprint density at radius 3 is 2.56 bits per heavy atom. The van der Waals surface area contributed by atoms with E-state index < -0.39 is 0 Å². The first-order valence-corrected chi connectivity index (χ1v) is 12.4. The highest BCUT2D eigenvalue weighted by Gasteiger charge is 2.22. The van der Waals surface area contributed by atoms with E-state index in [1.165, 1.54) is 36.1 Å². The average molecular weight is 450 g/mol. The molecule has 0 saturated carbocycles. The molecule has 0 spiro atoms. The van der Waals surface area contributed by atoms with Crippen LogP contribution in [0.2, 0.25) is 0 Å². The monoisotopic (exact) mass is 449 g/mol. The third kappa shape index (κ3) is 3.69. The molecule has 4 aromatic rings. The number of allylic oxidation sites excluding steroid dienone is 1. The molecule has 1 saturated heterocycles. The fraction of sp³-hybridized carbons (Fsp3) is 0.345. The number of piperidine rings is 1.